The maximum absolute atomic E-state index is 12.0. The first-order valence-corrected chi connectivity index (χ1v) is 7.43. The topological polar surface area (TPSA) is 45.8 Å². The highest BCUT2D eigenvalue weighted by atomic mass is 79.9. The fourth-order valence-electron chi connectivity index (χ4n) is 2.00. The van der Waals surface area contributed by atoms with Crippen molar-refractivity contribution >= 4 is 49.5 Å². The van der Waals surface area contributed by atoms with E-state index < -0.39 is 0 Å². The van der Waals surface area contributed by atoms with Crippen LogP contribution in [0.5, 0.6) is 0 Å². The number of nitrogens with one attached hydrogen (secondary N) is 1. The van der Waals surface area contributed by atoms with Gasteiger partial charge < -0.3 is 4.98 Å². The summed E-state index contributed by atoms with van der Waals surface area (Å²) in [5.41, 5.74) is 1.34. The molecule has 0 spiro atoms. The minimum atomic E-state index is -0.200. The first-order chi connectivity index (χ1) is 10.1. The van der Waals surface area contributed by atoms with E-state index in [2.05, 4.69) is 25.9 Å². The van der Waals surface area contributed by atoms with Gasteiger partial charge in [0.25, 0.3) is 5.56 Å². The third-order valence-electron chi connectivity index (χ3n) is 3.03. The summed E-state index contributed by atoms with van der Waals surface area (Å²) in [6.07, 6.45) is 1.76. The Hall–Kier alpha value is -1.91. The second-order valence-corrected chi connectivity index (χ2v) is 5.71. The molecule has 0 aliphatic heterocycles. The minimum Gasteiger partial charge on any atom is -0.305 e. The van der Waals surface area contributed by atoms with Crippen molar-refractivity contribution < 1.29 is 0 Å². The SMILES string of the molecule is O=c1[nH]c(/C(Cl)=C/c2ccccc2Br)nc2ccccc12. The molecule has 1 N–H and O–H groups in total. The normalized spacial score (nSPS) is 11.8. The Kier molecular flexibility index (Phi) is 3.90. The average Bonchev–Trinajstić information content (AvgIpc) is 2.49. The number of hydrogen-bond donors (Lipinski definition) is 1. The zero-order valence-electron chi connectivity index (χ0n) is 10.8. The molecular formula is C16H10BrClN2O. The molecule has 0 atom stereocenters. The lowest BCUT2D eigenvalue weighted by atomic mass is 10.2. The molecule has 0 saturated heterocycles. The molecule has 0 saturated carbocycles. The lowest BCUT2D eigenvalue weighted by Crippen LogP contribution is -2.10. The van der Waals surface area contributed by atoms with Gasteiger partial charge in [0.05, 0.1) is 15.9 Å². The molecule has 3 rings (SSSR count). The van der Waals surface area contributed by atoms with E-state index in [-0.39, 0.29) is 5.56 Å². The van der Waals surface area contributed by atoms with Crippen LogP contribution >= 0.6 is 27.5 Å². The van der Waals surface area contributed by atoms with Crippen molar-refractivity contribution in [3.8, 4) is 0 Å². The van der Waals surface area contributed by atoms with Gasteiger partial charge in [-0.1, -0.05) is 57.9 Å². The quantitative estimate of drug-likeness (QED) is 0.734. The second kappa shape index (κ2) is 5.84. The van der Waals surface area contributed by atoms with E-state index in [1.807, 2.05) is 30.3 Å². The Morgan fingerprint density at radius 1 is 1.14 bits per heavy atom. The van der Waals surface area contributed by atoms with Gasteiger partial charge in [-0.05, 0) is 29.8 Å². The third kappa shape index (κ3) is 2.91. The van der Waals surface area contributed by atoms with Crippen LogP contribution in [0.2, 0.25) is 0 Å². The number of hydrogen-bond acceptors (Lipinski definition) is 2. The highest BCUT2D eigenvalue weighted by molar-refractivity contribution is 9.10. The highest BCUT2D eigenvalue weighted by Crippen LogP contribution is 2.24. The summed E-state index contributed by atoms with van der Waals surface area (Å²) < 4.78 is 0.922. The van der Waals surface area contributed by atoms with Crippen LogP contribution in [0.25, 0.3) is 22.0 Å². The van der Waals surface area contributed by atoms with Crippen LogP contribution in [-0.4, -0.2) is 9.97 Å². The van der Waals surface area contributed by atoms with Crippen molar-refractivity contribution in [2.75, 3.05) is 0 Å². The summed E-state index contributed by atoms with van der Waals surface area (Å²) in [4.78, 5) is 19.1. The second-order valence-electron chi connectivity index (χ2n) is 4.45. The van der Waals surface area contributed by atoms with Crippen molar-refractivity contribution in [2.24, 2.45) is 0 Å². The molecule has 0 amide bonds. The lowest BCUT2D eigenvalue weighted by Gasteiger charge is -2.03. The van der Waals surface area contributed by atoms with Gasteiger partial charge in [-0.3, -0.25) is 4.79 Å². The predicted molar refractivity (Wildman–Crippen MR) is 90.2 cm³/mol. The molecule has 5 heteroatoms. The number of H-pyrrole nitrogens is 1. The Bertz CT molecular complexity index is 902. The molecule has 0 fully saturated rings. The van der Waals surface area contributed by atoms with E-state index >= 15 is 0 Å². The van der Waals surface area contributed by atoms with Crippen LogP contribution in [0, 0.1) is 0 Å². The van der Waals surface area contributed by atoms with Crippen molar-refractivity contribution in [2.45, 2.75) is 0 Å². The van der Waals surface area contributed by atoms with Gasteiger partial charge in [-0.25, -0.2) is 4.98 Å². The molecule has 0 aliphatic carbocycles. The summed E-state index contributed by atoms with van der Waals surface area (Å²) in [5, 5.41) is 0.927. The van der Waals surface area contributed by atoms with E-state index in [9.17, 15) is 4.79 Å². The molecular weight excluding hydrogens is 352 g/mol. The zero-order valence-corrected chi connectivity index (χ0v) is 13.1. The third-order valence-corrected chi connectivity index (χ3v) is 4.04. The molecule has 21 heavy (non-hydrogen) atoms. The number of halogens is 2. The molecule has 3 nitrogen and oxygen atoms in total. The van der Waals surface area contributed by atoms with Crippen LogP contribution < -0.4 is 5.56 Å². The number of benzene rings is 2. The highest BCUT2D eigenvalue weighted by Gasteiger charge is 2.07. The van der Waals surface area contributed by atoms with Gasteiger partial charge in [0.1, 0.15) is 0 Å². The van der Waals surface area contributed by atoms with Crippen molar-refractivity contribution in [3.63, 3.8) is 0 Å². The van der Waals surface area contributed by atoms with E-state index in [0.29, 0.717) is 21.8 Å². The van der Waals surface area contributed by atoms with Gasteiger partial charge in [0.2, 0.25) is 0 Å². The zero-order chi connectivity index (χ0) is 14.8. The minimum absolute atomic E-state index is 0.200. The molecule has 104 valence electrons. The van der Waals surface area contributed by atoms with E-state index in [1.165, 1.54) is 0 Å². The molecule has 0 unspecified atom stereocenters. The van der Waals surface area contributed by atoms with Crippen LogP contribution in [0.1, 0.15) is 11.4 Å². The molecule has 2 aromatic carbocycles. The number of para-hydroxylation sites is 1. The number of aromatic amines is 1. The van der Waals surface area contributed by atoms with E-state index in [0.717, 1.165) is 10.0 Å². The average molecular weight is 362 g/mol. The van der Waals surface area contributed by atoms with Crippen LogP contribution in [0.3, 0.4) is 0 Å². The van der Waals surface area contributed by atoms with Gasteiger partial charge >= 0.3 is 0 Å². The van der Waals surface area contributed by atoms with Crippen molar-refractivity contribution in [1.29, 1.82) is 0 Å². The molecule has 3 aromatic rings. The standard InChI is InChI=1S/C16H10BrClN2O/c17-12-7-3-1-5-10(12)9-13(18)15-19-14-8-4-2-6-11(14)16(21)20-15/h1-9H,(H,19,20,21)/b13-9-. The lowest BCUT2D eigenvalue weighted by molar-refractivity contribution is 1.14. The summed E-state index contributed by atoms with van der Waals surface area (Å²) in [6, 6.07) is 14.8. The first kappa shape index (κ1) is 14.0. The maximum atomic E-state index is 12.0. The summed E-state index contributed by atoms with van der Waals surface area (Å²) in [7, 11) is 0. The van der Waals surface area contributed by atoms with Crippen molar-refractivity contribution in [3.05, 3.63) is 74.7 Å². The molecule has 1 heterocycles. The number of fused-ring (bicyclic) bond motifs is 1. The molecule has 0 bridgehead atoms. The smallest absolute Gasteiger partial charge is 0.259 e. The summed E-state index contributed by atoms with van der Waals surface area (Å²) >= 11 is 9.75. The van der Waals surface area contributed by atoms with Gasteiger partial charge in [-0.15, -0.1) is 0 Å². The molecule has 0 aliphatic rings. The van der Waals surface area contributed by atoms with Crippen LogP contribution in [0.15, 0.2) is 57.8 Å². The van der Waals surface area contributed by atoms with E-state index in [4.69, 9.17) is 11.6 Å². The summed E-state index contributed by atoms with van der Waals surface area (Å²) in [5.74, 6) is 0.358. The number of nitrogens with zero attached hydrogens (tertiary/aromatic N) is 1. The number of rotatable bonds is 2. The number of aromatic nitrogens is 2. The Morgan fingerprint density at radius 2 is 1.86 bits per heavy atom. The predicted octanol–water partition coefficient (Wildman–Crippen LogP) is 4.42. The van der Waals surface area contributed by atoms with Crippen LogP contribution in [-0.2, 0) is 0 Å². The fourth-order valence-corrected chi connectivity index (χ4v) is 2.60. The molecule has 0 radical (unpaired) electrons. The van der Waals surface area contributed by atoms with Crippen molar-refractivity contribution in [1.82, 2.24) is 9.97 Å². The first-order valence-electron chi connectivity index (χ1n) is 6.26. The Morgan fingerprint density at radius 3 is 2.67 bits per heavy atom. The Labute approximate surface area is 134 Å². The van der Waals surface area contributed by atoms with Gasteiger partial charge in [-0.2, -0.15) is 0 Å². The van der Waals surface area contributed by atoms with Gasteiger partial charge in [0, 0.05) is 4.47 Å². The Balaban J connectivity index is 2.12. The summed E-state index contributed by atoms with van der Waals surface area (Å²) in [6.45, 7) is 0. The monoisotopic (exact) mass is 360 g/mol. The maximum Gasteiger partial charge on any atom is 0.259 e. The van der Waals surface area contributed by atoms with Gasteiger partial charge in [0.15, 0.2) is 5.82 Å². The largest absolute Gasteiger partial charge is 0.305 e. The van der Waals surface area contributed by atoms with Crippen LogP contribution in [0.4, 0.5) is 0 Å². The molecule has 1 aromatic heterocycles. The fraction of sp³-hybridized carbons (Fsp3) is 0. The van der Waals surface area contributed by atoms with E-state index in [1.54, 1.807) is 24.3 Å².